The minimum Gasteiger partial charge on any atom is -0.491 e. The maximum atomic E-state index is 13.2. The van der Waals surface area contributed by atoms with E-state index in [4.69, 9.17) is 4.74 Å². The summed E-state index contributed by atoms with van der Waals surface area (Å²) in [4.78, 5) is 30.9. The van der Waals surface area contributed by atoms with Crippen molar-refractivity contribution in [3.05, 3.63) is 64.7 Å². The molecule has 2 heterocycles. The third-order valence-corrected chi connectivity index (χ3v) is 6.46. The van der Waals surface area contributed by atoms with Crippen LogP contribution in [0.1, 0.15) is 47.8 Å². The lowest BCUT2D eigenvalue weighted by molar-refractivity contribution is -0.130. The number of ether oxygens (including phenoxy) is 1. The second-order valence-electron chi connectivity index (χ2n) is 9.59. The van der Waals surface area contributed by atoms with Crippen LogP contribution in [0.5, 0.6) is 5.75 Å². The van der Waals surface area contributed by atoms with Crippen LogP contribution in [-0.2, 0) is 24.3 Å². The van der Waals surface area contributed by atoms with Gasteiger partial charge in [-0.1, -0.05) is 32.0 Å². The summed E-state index contributed by atoms with van der Waals surface area (Å²) in [7, 11) is 0. The largest absolute Gasteiger partial charge is 0.491 e. The minimum absolute atomic E-state index is 0.0494. The second-order valence-corrected chi connectivity index (χ2v) is 9.59. The summed E-state index contributed by atoms with van der Waals surface area (Å²) in [6.07, 6.45) is 1.02. The Balaban J connectivity index is 1.42. The molecule has 1 fully saturated rings. The normalized spacial score (nSPS) is 16.8. The molecule has 4 rings (SSSR count). The van der Waals surface area contributed by atoms with Crippen molar-refractivity contribution in [1.29, 1.82) is 0 Å². The van der Waals surface area contributed by atoms with Crippen molar-refractivity contribution >= 4 is 11.8 Å². The Hall–Kier alpha value is -2.86. The van der Waals surface area contributed by atoms with E-state index in [0.717, 1.165) is 56.0 Å². The molecule has 0 bridgehead atoms. The van der Waals surface area contributed by atoms with Crippen LogP contribution in [0.25, 0.3) is 0 Å². The standard InChI is InChI=1S/C27H35N3O3/c1-20(2)16-22-4-7-24(8-5-22)27(32)30-14-15-33-26-9-6-23(17-25(26)19-30)18-28-10-12-29(13-11-28)21(3)31/h4-9,17,20H,10-16,18-19H2,1-3H3. The van der Waals surface area contributed by atoms with E-state index >= 15 is 0 Å². The van der Waals surface area contributed by atoms with E-state index in [9.17, 15) is 9.59 Å². The fraction of sp³-hybridized carbons (Fsp3) is 0.481. The Morgan fingerprint density at radius 3 is 2.27 bits per heavy atom. The number of carbonyl (C=O) groups excluding carboxylic acids is 2. The maximum absolute atomic E-state index is 13.2. The molecule has 0 spiro atoms. The number of benzene rings is 2. The van der Waals surface area contributed by atoms with Gasteiger partial charge in [-0.25, -0.2) is 0 Å². The third-order valence-electron chi connectivity index (χ3n) is 6.46. The highest BCUT2D eigenvalue weighted by atomic mass is 16.5. The van der Waals surface area contributed by atoms with E-state index in [-0.39, 0.29) is 11.8 Å². The zero-order valence-electron chi connectivity index (χ0n) is 20.0. The summed E-state index contributed by atoms with van der Waals surface area (Å²) in [5, 5.41) is 0. The van der Waals surface area contributed by atoms with Crippen LogP contribution >= 0.6 is 0 Å². The van der Waals surface area contributed by atoms with Gasteiger partial charge in [-0.2, -0.15) is 0 Å². The SMILES string of the molecule is CC(=O)N1CCN(Cc2ccc3c(c2)CN(C(=O)c2ccc(CC(C)C)cc2)CCO3)CC1. The van der Waals surface area contributed by atoms with E-state index in [2.05, 4.69) is 43.0 Å². The summed E-state index contributed by atoms with van der Waals surface area (Å²) < 4.78 is 5.96. The number of carbonyl (C=O) groups is 2. The predicted molar refractivity (Wildman–Crippen MR) is 129 cm³/mol. The molecule has 0 N–H and O–H groups in total. The zero-order chi connectivity index (χ0) is 23.4. The summed E-state index contributed by atoms with van der Waals surface area (Å²) in [6.45, 7) is 11.8. The van der Waals surface area contributed by atoms with Crippen molar-refractivity contribution in [3.8, 4) is 5.75 Å². The molecule has 33 heavy (non-hydrogen) atoms. The zero-order valence-corrected chi connectivity index (χ0v) is 20.0. The quantitative estimate of drug-likeness (QED) is 0.700. The van der Waals surface area contributed by atoms with Crippen molar-refractivity contribution in [2.75, 3.05) is 39.3 Å². The van der Waals surface area contributed by atoms with Crippen LogP contribution in [0.4, 0.5) is 0 Å². The average Bonchev–Trinajstić information content (AvgIpc) is 3.01. The first-order valence-corrected chi connectivity index (χ1v) is 12.0. The highest BCUT2D eigenvalue weighted by molar-refractivity contribution is 5.94. The van der Waals surface area contributed by atoms with Gasteiger partial charge >= 0.3 is 0 Å². The topological polar surface area (TPSA) is 53.1 Å². The Kier molecular flexibility index (Phi) is 7.33. The van der Waals surface area contributed by atoms with Gasteiger partial charge in [0, 0.05) is 57.3 Å². The average molecular weight is 450 g/mol. The highest BCUT2D eigenvalue weighted by Gasteiger charge is 2.23. The number of nitrogens with zero attached hydrogens (tertiary/aromatic N) is 3. The Bertz CT molecular complexity index is 979. The Labute approximate surface area is 197 Å². The van der Waals surface area contributed by atoms with E-state index in [1.807, 2.05) is 28.0 Å². The Morgan fingerprint density at radius 1 is 0.909 bits per heavy atom. The smallest absolute Gasteiger partial charge is 0.254 e. The number of hydrogen-bond donors (Lipinski definition) is 0. The predicted octanol–water partition coefficient (Wildman–Crippen LogP) is 3.58. The molecule has 0 saturated carbocycles. The number of fused-ring (bicyclic) bond motifs is 1. The van der Waals surface area contributed by atoms with Crippen molar-refractivity contribution in [3.63, 3.8) is 0 Å². The molecule has 2 aliphatic heterocycles. The first kappa shape index (κ1) is 23.3. The van der Waals surface area contributed by atoms with Crippen molar-refractivity contribution < 1.29 is 14.3 Å². The number of piperazine rings is 1. The van der Waals surface area contributed by atoms with Gasteiger partial charge < -0.3 is 14.5 Å². The molecule has 0 unspecified atom stereocenters. The van der Waals surface area contributed by atoms with Gasteiger partial charge in [0.2, 0.25) is 5.91 Å². The highest BCUT2D eigenvalue weighted by Crippen LogP contribution is 2.26. The summed E-state index contributed by atoms with van der Waals surface area (Å²) >= 11 is 0. The van der Waals surface area contributed by atoms with E-state index in [1.54, 1.807) is 6.92 Å². The van der Waals surface area contributed by atoms with E-state index in [1.165, 1.54) is 11.1 Å². The molecular formula is C27H35N3O3. The van der Waals surface area contributed by atoms with Crippen LogP contribution in [0.2, 0.25) is 0 Å². The minimum atomic E-state index is 0.0494. The molecule has 2 amide bonds. The van der Waals surface area contributed by atoms with Gasteiger partial charge in [-0.15, -0.1) is 0 Å². The first-order chi connectivity index (χ1) is 15.9. The summed E-state index contributed by atoms with van der Waals surface area (Å²) in [5.41, 5.74) is 4.25. The summed E-state index contributed by atoms with van der Waals surface area (Å²) in [5.74, 6) is 1.66. The molecule has 0 radical (unpaired) electrons. The fourth-order valence-electron chi connectivity index (χ4n) is 4.64. The molecule has 2 aromatic carbocycles. The Morgan fingerprint density at radius 2 is 1.61 bits per heavy atom. The van der Waals surface area contributed by atoms with Gasteiger partial charge in [-0.3, -0.25) is 14.5 Å². The van der Waals surface area contributed by atoms with Crippen LogP contribution in [-0.4, -0.2) is 65.8 Å². The van der Waals surface area contributed by atoms with Gasteiger partial charge in [0.05, 0.1) is 6.54 Å². The molecule has 0 aliphatic carbocycles. The summed E-state index contributed by atoms with van der Waals surface area (Å²) in [6, 6.07) is 14.4. The monoisotopic (exact) mass is 449 g/mol. The lowest BCUT2D eigenvalue weighted by Crippen LogP contribution is -2.47. The second kappa shape index (κ2) is 10.4. The number of rotatable bonds is 5. The molecule has 2 aromatic rings. The van der Waals surface area contributed by atoms with Gasteiger partial charge in [-0.05, 0) is 47.7 Å². The molecule has 1 saturated heterocycles. The number of amides is 2. The molecule has 0 atom stereocenters. The molecule has 2 aliphatic rings. The lowest BCUT2D eigenvalue weighted by Gasteiger charge is -2.34. The van der Waals surface area contributed by atoms with Crippen LogP contribution in [0.3, 0.4) is 0 Å². The fourth-order valence-corrected chi connectivity index (χ4v) is 4.64. The molecular weight excluding hydrogens is 414 g/mol. The molecule has 176 valence electrons. The van der Waals surface area contributed by atoms with Gasteiger partial charge in [0.1, 0.15) is 12.4 Å². The molecule has 6 heteroatoms. The van der Waals surface area contributed by atoms with Crippen molar-refractivity contribution in [2.45, 2.75) is 40.3 Å². The molecule has 6 nitrogen and oxygen atoms in total. The van der Waals surface area contributed by atoms with E-state index in [0.29, 0.717) is 25.6 Å². The maximum Gasteiger partial charge on any atom is 0.254 e. The van der Waals surface area contributed by atoms with Gasteiger partial charge in [0.25, 0.3) is 5.91 Å². The van der Waals surface area contributed by atoms with Crippen molar-refractivity contribution in [1.82, 2.24) is 14.7 Å². The van der Waals surface area contributed by atoms with Crippen LogP contribution in [0, 0.1) is 5.92 Å². The molecule has 0 aromatic heterocycles. The van der Waals surface area contributed by atoms with Crippen LogP contribution in [0.15, 0.2) is 42.5 Å². The third kappa shape index (κ3) is 5.93. The van der Waals surface area contributed by atoms with Gasteiger partial charge in [0.15, 0.2) is 0 Å². The lowest BCUT2D eigenvalue weighted by atomic mass is 10.0. The number of hydrogen-bond acceptors (Lipinski definition) is 4. The van der Waals surface area contributed by atoms with Crippen molar-refractivity contribution in [2.24, 2.45) is 5.92 Å². The first-order valence-electron chi connectivity index (χ1n) is 12.0. The van der Waals surface area contributed by atoms with Crippen LogP contribution < -0.4 is 4.74 Å². The van der Waals surface area contributed by atoms with E-state index < -0.39 is 0 Å².